The largest absolute Gasteiger partial charge is 0.299 e. The highest BCUT2D eigenvalue weighted by Gasteiger charge is 2.23. The summed E-state index contributed by atoms with van der Waals surface area (Å²) in [6, 6.07) is 9.94. The van der Waals surface area contributed by atoms with Gasteiger partial charge in [0, 0.05) is 18.1 Å². The molecule has 1 aromatic carbocycles. The van der Waals surface area contributed by atoms with E-state index in [0.717, 1.165) is 45.4 Å². The van der Waals surface area contributed by atoms with Gasteiger partial charge in [-0.15, -0.1) is 5.10 Å². The number of aromatic nitrogens is 2. The molecule has 1 aliphatic carbocycles. The van der Waals surface area contributed by atoms with E-state index >= 15 is 0 Å². The van der Waals surface area contributed by atoms with Gasteiger partial charge in [-0.1, -0.05) is 41.3 Å². The van der Waals surface area contributed by atoms with E-state index in [2.05, 4.69) is 5.10 Å². The number of hydrogen-bond donors (Lipinski definition) is 0. The maximum absolute atomic E-state index is 11.6. The van der Waals surface area contributed by atoms with E-state index < -0.39 is 0 Å². The predicted molar refractivity (Wildman–Crippen MR) is 90.0 cm³/mol. The molecule has 6 heteroatoms. The molecule has 0 N–H and O–H groups in total. The summed E-state index contributed by atoms with van der Waals surface area (Å²) in [6.45, 7) is 0. The first kappa shape index (κ1) is 14.9. The number of thioether (sulfide) groups is 1. The molecule has 0 bridgehead atoms. The van der Waals surface area contributed by atoms with E-state index in [-0.39, 0.29) is 5.92 Å². The van der Waals surface area contributed by atoms with Crippen LogP contribution in [0.1, 0.15) is 25.7 Å². The highest BCUT2D eigenvalue weighted by atomic mass is 32.2. The van der Waals surface area contributed by atoms with Crippen LogP contribution >= 0.6 is 35.3 Å². The summed E-state index contributed by atoms with van der Waals surface area (Å²) in [6.07, 6.45) is 3.86. The zero-order valence-corrected chi connectivity index (χ0v) is 14.0. The molecule has 0 spiro atoms. The number of ketones is 1. The molecule has 2 aromatic rings. The van der Waals surface area contributed by atoms with Gasteiger partial charge in [0.05, 0.1) is 5.69 Å². The number of carbonyl (C=O) groups is 1. The van der Waals surface area contributed by atoms with Gasteiger partial charge in [-0.25, -0.2) is 4.68 Å². The second kappa shape index (κ2) is 6.85. The monoisotopic (exact) mass is 336 g/mol. The molecule has 0 aliphatic heterocycles. The second-order valence-corrected chi connectivity index (χ2v) is 8.04. The molecule has 1 atom stereocenters. The summed E-state index contributed by atoms with van der Waals surface area (Å²) in [5.41, 5.74) is 0.997. The second-order valence-electron chi connectivity index (χ2n) is 5.07. The summed E-state index contributed by atoms with van der Waals surface area (Å²) in [5.74, 6) is 1.66. The van der Waals surface area contributed by atoms with Crippen molar-refractivity contribution in [3.05, 3.63) is 34.3 Å². The average molecular weight is 337 g/mol. The first-order valence-corrected chi connectivity index (χ1v) is 9.26. The maximum atomic E-state index is 11.6. The van der Waals surface area contributed by atoms with Crippen molar-refractivity contribution in [2.75, 3.05) is 5.75 Å². The topological polar surface area (TPSA) is 34.9 Å². The van der Waals surface area contributed by atoms with Crippen molar-refractivity contribution in [1.29, 1.82) is 0 Å². The Morgan fingerprint density at radius 1 is 1.38 bits per heavy atom. The van der Waals surface area contributed by atoms with Gasteiger partial charge in [-0.3, -0.25) is 4.79 Å². The molecule has 110 valence electrons. The van der Waals surface area contributed by atoms with Crippen LogP contribution in [0.5, 0.6) is 0 Å². The smallest absolute Gasteiger partial charge is 0.184 e. The van der Waals surface area contributed by atoms with E-state index in [4.69, 9.17) is 12.2 Å². The third-order valence-electron chi connectivity index (χ3n) is 3.65. The average Bonchev–Trinajstić information content (AvgIpc) is 3.06. The Bertz CT molecular complexity index is 678. The molecule has 1 fully saturated rings. The van der Waals surface area contributed by atoms with Crippen LogP contribution in [0.2, 0.25) is 0 Å². The molecule has 1 saturated carbocycles. The van der Waals surface area contributed by atoms with Gasteiger partial charge < -0.3 is 0 Å². The molecule has 3 rings (SSSR count). The van der Waals surface area contributed by atoms with Crippen LogP contribution in [0, 0.1) is 9.87 Å². The van der Waals surface area contributed by atoms with Gasteiger partial charge in [0.15, 0.2) is 8.29 Å². The van der Waals surface area contributed by atoms with Crippen molar-refractivity contribution in [3.63, 3.8) is 0 Å². The first-order valence-electron chi connectivity index (χ1n) is 7.05. The zero-order valence-electron chi connectivity index (χ0n) is 11.5. The van der Waals surface area contributed by atoms with Crippen LogP contribution in [0.25, 0.3) is 5.69 Å². The van der Waals surface area contributed by atoms with Crippen LogP contribution < -0.4 is 0 Å². The number of rotatable bonds is 5. The summed E-state index contributed by atoms with van der Waals surface area (Å²) < 4.78 is 3.55. The van der Waals surface area contributed by atoms with Crippen LogP contribution in [0.4, 0.5) is 0 Å². The number of nitrogens with zero attached hydrogens (tertiary/aromatic N) is 2. The highest BCUT2D eigenvalue weighted by Crippen LogP contribution is 2.29. The lowest BCUT2D eigenvalue weighted by atomic mass is 10.1. The summed E-state index contributed by atoms with van der Waals surface area (Å²) >= 11 is 8.63. The molecule has 3 nitrogen and oxygen atoms in total. The molecule has 0 amide bonds. The van der Waals surface area contributed by atoms with Gasteiger partial charge in [-0.2, -0.15) is 0 Å². The number of hydrogen-bond acceptors (Lipinski definition) is 5. The van der Waals surface area contributed by atoms with Crippen molar-refractivity contribution < 1.29 is 4.79 Å². The molecular weight excluding hydrogens is 320 g/mol. The number of para-hydroxylation sites is 1. The Hall–Kier alpha value is -0.980. The van der Waals surface area contributed by atoms with Gasteiger partial charge in [0.1, 0.15) is 5.78 Å². The van der Waals surface area contributed by atoms with Crippen molar-refractivity contribution in [3.8, 4) is 5.69 Å². The lowest BCUT2D eigenvalue weighted by Gasteiger charge is -2.05. The number of benzene rings is 1. The standard InChI is InChI=1S/C15H16N2OS3/c18-13-8-4-5-11(13)9-10-20-14-16-17(15(19)21-14)12-6-2-1-3-7-12/h1-3,6-7,11H,4-5,8-10H2/t11-/m0/s1. The fourth-order valence-corrected chi connectivity index (χ4v) is 5.02. The lowest BCUT2D eigenvalue weighted by Crippen LogP contribution is -2.06. The van der Waals surface area contributed by atoms with Crippen molar-refractivity contribution >= 4 is 41.1 Å². The Balaban J connectivity index is 1.62. The normalized spacial score (nSPS) is 18.3. The summed E-state index contributed by atoms with van der Waals surface area (Å²) in [4.78, 5) is 11.6. The Morgan fingerprint density at radius 3 is 2.90 bits per heavy atom. The van der Waals surface area contributed by atoms with Crippen LogP contribution in [0.15, 0.2) is 34.7 Å². The minimum Gasteiger partial charge on any atom is -0.299 e. The van der Waals surface area contributed by atoms with Crippen molar-refractivity contribution in [1.82, 2.24) is 9.78 Å². The third kappa shape index (κ3) is 3.62. The fraction of sp³-hybridized carbons (Fsp3) is 0.400. The van der Waals surface area contributed by atoms with Crippen molar-refractivity contribution in [2.45, 2.75) is 30.0 Å². The van der Waals surface area contributed by atoms with Crippen LogP contribution in [-0.4, -0.2) is 21.3 Å². The molecule has 1 heterocycles. The fourth-order valence-electron chi connectivity index (χ4n) is 2.53. The van der Waals surface area contributed by atoms with E-state index in [1.165, 1.54) is 11.3 Å². The van der Waals surface area contributed by atoms with Gasteiger partial charge in [0.25, 0.3) is 0 Å². The molecule has 21 heavy (non-hydrogen) atoms. The SMILES string of the molecule is O=C1CCC[C@H]1CCSc1nn(-c2ccccc2)c(=S)s1. The molecule has 1 aromatic heterocycles. The quantitative estimate of drug-likeness (QED) is 0.594. The minimum atomic E-state index is 0.279. The third-order valence-corrected chi connectivity index (χ3v) is 6.05. The van der Waals surface area contributed by atoms with Gasteiger partial charge in [0.2, 0.25) is 0 Å². The maximum Gasteiger partial charge on any atom is 0.184 e. The van der Waals surface area contributed by atoms with E-state index in [9.17, 15) is 4.79 Å². The highest BCUT2D eigenvalue weighted by molar-refractivity contribution is 8.01. The predicted octanol–water partition coefficient (Wildman–Crippen LogP) is 4.51. The zero-order chi connectivity index (χ0) is 14.7. The van der Waals surface area contributed by atoms with Crippen molar-refractivity contribution in [2.24, 2.45) is 5.92 Å². The van der Waals surface area contributed by atoms with E-state index in [0.29, 0.717) is 5.78 Å². The molecule has 0 radical (unpaired) electrons. The Labute approximate surface area is 137 Å². The summed E-state index contributed by atoms with van der Waals surface area (Å²) in [7, 11) is 0. The first-order chi connectivity index (χ1) is 10.2. The summed E-state index contributed by atoms with van der Waals surface area (Å²) in [5, 5.41) is 4.57. The minimum absolute atomic E-state index is 0.279. The van der Waals surface area contributed by atoms with E-state index in [1.54, 1.807) is 11.8 Å². The van der Waals surface area contributed by atoms with E-state index in [1.807, 2.05) is 35.0 Å². The number of Topliss-reactive ketones (excluding diaryl/α,β-unsaturated/α-hetero) is 1. The molecule has 1 aliphatic rings. The Kier molecular flexibility index (Phi) is 4.87. The molecule has 0 unspecified atom stereocenters. The van der Waals surface area contributed by atoms with Crippen LogP contribution in [0.3, 0.4) is 0 Å². The van der Waals surface area contributed by atoms with Gasteiger partial charge in [-0.05, 0) is 43.6 Å². The van der Waals surface area contributed by atoms with Crippen LogP contribution in [-0.2, 0) is 4.79 Å². The van der Waals surface area contributed by atoms with Gasteiger partial charge >= 0.3 is 0 Å². The lowest BCUT2D eigenvalue weighted by molar-refractivity contribution is -0.120. The molecular formula is C15H16N2OS3. The Morgan fingerprint density at radius 2 is 2.19 bits per heavy atom. The molecule has 0 saturated heterocycles. The number of carbonyl (C=O) groups excluding carboxylic acids is 1.